The van der Waals surface area contributed by atoms with Crippen LogP contribution >= 0.6 is 0 Å². The highest BCUT2D eigenvalue weighted by Gasteiger charge is 2.55. The average molecular weight is 803 g/mol. The number of amides is 1. The third kappa shape index (κ3) is 11.3. The number of allylic oxidation sites excluding steroid dienone is 4. The van der Waals surface area contributed by atoms with Crippen LogP contribution in [0.4, 0.5) is 0 Å². The number of nitrogens with zero attached hydrogens (tertiary/aromatic N) is 1. The monoisotopic (exact) mass is 802 g/mol. The number of hydrogen-bond acceptors (Lipinski definition) is 12. The third-order valence-electron chi connectivity index (χ3n) is 13.0. The molecule has 2 bridgehead atoms. The molecule has 14 atom stereocenters. The van der Waals surface area contributed by atoms with Crippen LogP contribution in [-0.4, -0.2) is 121 Å². The van der Waals surface area contributed by atoms with Crippen molar-refractivity contribution in [3.05, 3.63) is 36.0 Å². The Morgan fingerprint density at radius 3 is 2.26 bits per heavy atom. The van der Waals surface area contributed by atoms with E-state index in [1.54, 1.807) is 41.3 Å². The zero-order valence-corrected chi connectivity index (χ0v) is 35.5. The molecule has 4 rings (SSSR count). The van der Waals surface area contributed by atoms with Gasteiger partial charge in [0.2, 0.25) is 0 Å². The number of piperidine rings is 1. The summed E-state index contributed by atoms with van der Waals surface area (Å²) in [4.78, 5) is 58.1. The minimum absolute atomic E-state index is 0.00323. The van der Waals surface area contributed by atoms with E-state index in [1.807, 2.05) is 26.0 Å². The number of fused-ring (bicyclic) bond motifs is 3. The van der Waals surface area contributed by atoms with E-state index in [0.717, 1.165) is 5.57 Å². The van der Waals surface area contributed by atoms with Crippen LogP contribution in [-0.2, 0) is 42.9 Å². The van der Waals surface area contributed by atoms with Gasteiger partial charge < -0.3 is 38.8 Å². The first-order valence-electron chi connectivity index (χ1n) is 21.0. The summed E-state index contributed by atoms with van der Waals surface area (Å²) in [5.74, 6) is -4.53. The first kappa shape index (κ1) is 46.9. The summed E-state index contributed by atoms with van der Waals surface area (Å²) >= 11 is 0. The first-order chi connectivity index (χ1) is 27.0. The van der Waals surface area contributed by atoms with Crippen LogP contribution in [0, 0.1) is 29.6 Å². The number of ketones is 2. The van der Waals surface area contributed by atoms with E-state index in [2.05, 4.69) is 13.5 Å². The molecule has 322 valence electrons. The number of aliphatic hydroxyl groups is 2. The van der Waals surface area contributed by atoms with E-state index in [4.69, 9.17) is 29.4 Å². The normalized spacial score (nSPS) is 40.1. The molecule has 0 aromatic rings. The predicted octanol–water partition coefficient (Wildman–Crippen LogP) is 4.61. The van der Waals surface area contributed by atoms with Gasteiger partial charge in [-0.2, -0.15) is 0 Å². The van der Waals surface area contributed by atoms with Crippen molar-refractivity contribution in [2.24, 2.45) is 35.3 Å². The lowest BCUT2D eigenvalue weighted by Crippen LogP contribution is -2.68. The fourth-order valence-electron chi connectivity index (χ4n) is 9.47. The predicted molar refractivity (Wildman–Crippen MR) is 215 cm³/mol. The maximum absolute atomic E-state index is 14.3. The molecule has 4 N–H and O–H groups in total. The van der Waals surface area contributed by atoms with Crippen LogP contribution in [0.15, 0.2) is 36.0 Å². The van der Waals surface area contributed by atoms with Crippen LogP contribution in [0.2, 0.25) is 0 Å². The smallest absolute Gasteiger partial charge is 0.329 e. The number of esters is 1. The maximum Gasteiger partial charge on any atom is 0.329 e. The van der Waals surface area contributed by atoms with Gasteiger partial charge in [0, 0.05) is 52.0 Å². The van der Waals surface area contributed by atoms with E-state index >= 15 is 0 Å². The van der Waals surface area contributed by atoms with Gasteiger partial charge in [0.1, 0.15) is 24.0 Å². The topological polar surface area (TPSA) is 184 Å². The molecule has 57 heavy (non-hydrogen) atoms. The number of ether oxygens (including phenoxy) is 5. The van der Waals surface area contributed by atoms with Gasteiger partial charge in [0.05, 0.1) is 30.5 Å². The number of nitrogens with two attached hydrogens (primary N) is 1. The van der Waals surface area contributed by atoms with Crippen LogP contribution < -0.4 is 5.73 Å². The molecule has 1 aliphatic carbocycles. The number of rotatable bonds is 7. The van der Waals surface area contributed by atoms with Crippen molar-refractivity contribution in [2.45, 2.75) is 160 Å². The van der Waals surface area contributed by atoms with E-state index in [1.165, 1.54) is 4.90 Å². The Morgan fingerprint density at radius 1 is 0.947 bits per heavy atom. The minimum atomic E-state index is -2.01. The van der Waals surface area contributed by atoms with Gasteiger partial charge >= 0.3 is 5.97 Å². The molecule has 0 aromatic heterocycles. The summed E-state index contributed by atoms with van der Waals surface area (Å²) in [6, 6.07) is -1.09. The Labute approximate surface area is 339 Å². The van der Waals surface area contributed by atoms with Crippen molar-refractivity contribution in [2.75, 3.05) is 27.9 Å². The molecule has 0 spiro atoms. The van der Waals surface area contributed by atoms with Crippen molar-refractivity contribution < 1.29 is 53.1 Å². The zero-order valence-electron chi connectivity index (χ0n) is 35.5. The summed E-state index contributed by atoms with van der Waals surface area (Å²) in [6.07, 6.45) is 5.71. The summed E-state index contributed by atoms with van der Waals surface area (Å²) in [7, 11) is 4.70. The largest absolute Gasteiger partial charge is 0.456 e. The Bertz CT molecular complexity index is 1480. The van der Waals surface area contributed by atoms with Gasteiger partial charge in [-0.3, -0.25) is 20.1 Å². The molecule has 14 unspecified atom stereocenters. The Balaban J connectivity index is 1.78. The molecular weight excluding hydrogens is 732 g/mol. The van der Waals surface area contributed by atoms with E-state index in [-0.39, 0.29) is 43.1 Å². The first-order valence-corrected chi connectivity index (χ1v) is 21.0. The summed E-state index contributed by atoms with van der Waals surface area (Å²) in [6.45, 7) is 13.4. The van der Waals surface area contributed by atoms with Gasteiger partial charge in [-0.15, -0.1) is 6.58 Å². The molecule has 13 heteroatoms. The van der Waals surface area contributed by atoms with Gasteiger partial charge in [-0.1, -0.05) is 44.6 Å². The summed E-state index contributed by atoms with van der Waals surface area (Å²) in [5, 5.41) is 22.1. The van der Waals surface area contributed by atoms with Gasteiger partial charge in [0.25, 0.3) is 11.7 Å². The fourth-order valence-corrected chi connectivity index (χ4v) is 9.47. The molecule has 1 amide bonds. The molecule has 4 aliphatic rings. The SMILES string of the molecule is C=CCC1C=C(C)CC(C)CC(OC)C2OC(N)(C(=O)C(=O)N3CCCCC3C(=O)OC(C(C)=CC3CCC(O)C(OC)C3)C(C)C(O)CC1=O)C(C)CC2OC. The van der Waals surface area contributed by atoms with E-state index in [9.17, 15) is 29.4 Å². The zero-order chi connectivity index (χ0) is 42.2. The molecule has 0 aromatic carbocycles. The number of Topliss-reactive ketones (excluding diaryl/α,β-unsaturated/α-hetero) is 2. The number of cyclic esters (lactones) is 1. The molecule has 3 heterocycles. The van der Waals surface area contributed by atoms with Crippen molar-refractivity contribution >= 4 is 23.4 Å². The Hall–Kier alpha value is -2.78. The number of hydrogen-bond donors (Lipinski definition) is 3. The number of aliphatic hydroxyl groups excluding tert-OH is 2. The van der Waals surface area contributed by atoms with Gasteiger partial charge in [0.15, 0.2) is 5.72 Å². The Kier molecular flexibility index (Phi) is 17.2. The van der Waals surface area contributed by atoms with Crippen LogP contribution in [0.5, 0.6) is 0 Å². The Morgan fingerprint density at radius 2 is 1.61 bits per heavy atom. The highest BCUT2D eigenvalue weighted by atomic mass is 16.6. The number of carbonyl (C=O) groups is 4. The molecule has 3 fully saturated rings. The number of methoxy groups -OCH3 is 3. The lowest BCUT2D eigenvalue weighted by atomic mass is 9.80. The standard InChI is InChI=1S/C44H70N2O11/c1-10-13-31-19-25(2)18-26(3)20-37(54-8)40-38(55-9)22-28(5)44(45,57-40)41(50)42(51)46-17-12-11-14-32(46)43(52)56-39(29(6)34(48)24-35(31)49)27(4)21-30-15-16-33(47)36(23-30)53-7/h10,19,21,26,28-34,36-40,47-48H,1,11-18,20,22-24,45H2,2-9H3. The van der Waals surface area contributed by atoms with Crippen LogP contribution in [0.3, 0.4) is 0 Å². The highest BCUT2D eigenvalue weighted by Crippen LogP contribution is 2.38. The van der Waals surface area contributed by atoms with Gasteiger partial charge in [-0.05, 0) is 95.5 Å². The quantitative estimate of drug-likeness (QED) is 0.185. The molecule has 13 nitrogen and oxygen atoms in total. The summed E-state index contributed by atoms with van der Waals surface area (Å²) < 4.78 is 30.1. The molecule has 2 saturated heterocycles. The van der Waals surface area contributed by atoms with Crippen molar-refractivity contribution in [3.63, 3.8) is 0 Å². The second-order valence-electron chi connectivity index (χ2n) is 17.4. The number of carbonyl (C=O) groups excluding carboxylic acids is 4. The van der Waals surface area contributed by atoms with E-state index in [0.29, 0.717) is 63.4 Å². The molecule has 0 radical (unpaired) electrons. The van der Waals surface area contributed by atoms with Crippen LogP contribution in [0.25, 0.3) is 0 Å². The summed E-state index contributed by atoms with van der Waals surface area (Å²) in [5.41, 5.74) is 6.49. The average Bonchev–Trinajstić information content (AvgIpc) is 3.18. The fraction of sp³-hybridized carbons (Fsp3) is 0.773. The second kappa shape index (κ2) is 21.0. The van der Waals surface area contributed by atoms with Crippen molar-refractivity contribution in [3.8, 4) is 0 Å². The molecular formula is C44H70N2O11. The van der Waals surface area contributed by atoms with Crippen molar-refractivity contribution in [1.29, 1.82) is 0 Å². The lowest BCUT2D eigenvalue weighted by molar-refractivity contribution is -0.233. The van der Waals surface area contributed by atoms with Crippen LogP contribution in [0.1, 0.15) is 105 Å². The molecule has 1 saturated carbocycles. The third-order valence-corrected chi connectivity index (χ3v) is 13.0. The lowest BCUT2D eigenvalue weighted by Gasteiger charge is -2.47. The second-order valence-corrected chi connectivity index (χ2v) is 17.4. The van der Waals surface area contributed by atoms with E-state index < -0.39 is 83.8 Å². The minimum Gasteiger partial charge on any atom is -0.456 e. The maximum atomic E-state index is 14.3. The van der Waals surface area contributed by atoms with Gasteiger partial charge in [-0.25, -0.2) is 4.79 Å². The van der Waals surface area contributed by atoms with Crippen molar-refractivity contribution in [1.82, 2.24) is 4.90 Å². The highest BCUT2D eigenvalue weighted by molar-refractivity contribution is 6.39. The molecule has 3 aliphatic heterocycles.